The molecule has 0 bridgehead atoms. The quantitative estimate of drug-likeness (QED) is 0.779. The lowest BCUT2D eigenvalue weighted by atomic mass is 9.79. The molecule has 0 aliphatic carbocycles. The van der Waals surface area contributed by atoms with Crippen LogP contribution < -0.4 is 10.4 Å². The van der Waals surface area contributed by atoms with Crippen molar-refractivity contribution in [2.45, 2.75) is 38.9 Å². The maximum absolute atomic E-state index is 8.19. The number of hydrogen-bond acceptors (Lipinski definition) is 4. The van der Waals surface area contributed by atoms with E-state index in [4.69, 9.17) is 20.3 Å². The first-order valence-corrected chi connectivity index (χ1v) is 6.82. The van der Waals surface area contributed by atoms with Gasteiger partial charge in [-0.3, -0.25) is 0 Å². The Morgan fingerprint density at radius 1 is 1.10 bits per heavy atom. The lowest BCUT2D eigenvalue weighted by Crippen LogP contribution is -2.41. The highest BCUT2D eigenvalue weighted by atomic mass is 16.7. The highest BCUT2D eigenvalue weighted by Crippen LogP contribution is 2.36. The number of nitrogens with zero attached hydrogens (tertiary/aromatic N) is 1. The molecular weight excluding hydrogens is 265 g/mol. The van der Waals surface area contributed by atoms with Gasteiger partial charge in [0.15, 0.2) is 0 Å². The van der Waals surface area contributed by atoms with E-state index in [0.717, 1.165) is 0 Å². The summed E-state index contributed by atoms with van der Waals surface area (Å²) in [6.45, 7) is -4.73. The van der Waals surface area contributed by atoms with Gasteiger partial charge in [-0.2, -0.15) is 0 Å². The molecule has 0 aromatic heterocycles. The van der Waals surface area contributed by atoms with Crippen molar-refractivity contribution in [2.75, 3.05) is 31.0 Å². The topological polar surface area (TPSA) is 30.9 Å². The third-order valence-corrected chi connectivity index (χ3v) is 4.07. The molecule has 2 heterocycles. The van der Waals surface area contributed by atoms with Crippen molar-refractivity contribution in [2.24, 2.45) is 0 Å². The zero-order valence-electron chi connectivity index (χ0n) is 20.6. The molecule has 21 heavy (non-hydrogen) atoms. The highest BCUT2D eigenvalue weighted by Gasteiger charge is 2.51. The molecular formula is C16H24BNO3. The number of anilines is 1. The Kier molecular flexibility index (Phi) is 2.02. The number of hydrogen-bond donors (Lipinski definition) is 0. The van der Waals surface area contributed by atoms with Crippen LogP contribution in [-0.4, -0.2) is 44.4 Å². The van der Waals surface area contributed by atoms with Gasteiger partial charge in [-0.15, -0.1) is 0 Å². The molecule has 1 aromatic carbocycles. The molecule has 0 spiro atoms. The van der Waals surface area contributed by atoms with Crippen LogP contribution in [0, 0.1) is 0 Å². The largest absolute Gasteiger partial charge is 0.494 e. The van der Waals surface area contributed by atoms with Gasteiger partial charge in [-0.25, -0.2) is 0 Å². The minimum atomic E-state index is -3.11. The van der Waals surface area contributed by atoms with Gasteiger partial charge in [-0.05, 0) is 45.3 Å². The SMILES string of the molecule is [2H]C1([2H])OC([2H])([2H])C([2H])([2H])N(c2cccc(B3OC(C)(C)C(C)(C)O3)c2)C1([2H])[2H]. The fourth-order valence-corrected chi connectivity index (χ4v) is 2.11. The number of morpholine rings is 1. The van der Waals surface area contributed by atoms with E-state index in [1.54, 1.807) is 6.07 Å². The summed E-state index contributed by atoms with van der Waals surface area (Å²) in [5.74, 6) is 0. The molecule has 0 atom stereocenters. The number of rotatable bonds is 2. The van der Waals surface area contributed by atoms with Crippen LogP contribution >= 0.6 is 0 Å². The maximum Gasteiger partial charge on any atom is 0.494 e. The van der Waals surface area contributed by atoms with Crippen LogP contribution in [0.2, 0.25) is 0 Å². The molecule has 114 valence electrons. The summed E-state index contributed by atoms with van der Waals surface area (Å²) in [6, 6.07) is 5.99. The standard InChI is InChI=1S/C16H24BNO3/c1-15(2)16(3,4)21-17(20-15)13-6-5-7-14(12-13)18-8-10-19-11-9-18/h5-7,12H,8-11H2,1-4H3/i8D2,9D2,10D2,11D2. The third-order valence-electron chi connectivity index (χ3n) is 4.07. The zero-order valence-corrected chi connectivity index (χ0v) is 12.6. The molecule has 0 amide bonds. The van der Waals surface area contributed by atoms with Crippen LogP contribution in [0.3, 0.4) is 0 Å². The summed E-state index contributed by atoms with van der Waals surface area (Å²) >= 11 is 0. The van der Waals surface area contributed by atoms with Crippen molar-refractivity contribution in [1.29, 1.82) is 0 Å². The molecule has 0 saturated carbocycles. The van der Waals surface area contributed by atoms with E-state index in [1.165, 1.54) is 18.2 Å². The zero-order chi connectivity index (χ0) is 22.3. The second kappa shape index (κ2) is 5.31. The Balaban J connectivity index is 2.07. The fraction of sp³-hybridized carbons (Fsp3) is 0.625. The van der Waals surface area contributed by atoms with E-state index in [0.29, 0.717) is 10.4 Å². The van der Waals surface area contributed by atoms with Gasteiger partial charge >= 0.3 is 7.12 Å². The summed E-state index contributed by atoms with van der Waals surface area (Å²) in [7, 11) is -0.800. The Bertz CT molecular complexity index is 775. The van der Waals surface area contributed by atoms with E-state index in [9.17, 15) is 0 Å². The second-order valence-corrected chi connectivity index (χ2v) is 6.05. The first kappa shape index (κ1) is 8.00. The third kappa shape index (κ3) is 2.82. The Hall–Kier alpha value is -1.04. The summed E-state index contributed by atoms with van der Waals surface area (Å²) in [4.78, 5) is 0.443. The summed E-state index contributed by atoms with van der Waals surface area (Å²) in [5.41, 5.74) is -0.834. The van der Waals surface area contributed by atoms with Gasteiger partial charge in [0.2, 0.25) is 0 Å². The average Bonchev–Trinajstić information content (AvgIpc) is 2.73. The molecule has 5 heteroatoms. The summed E-state index contributed by atoms with van der Waals surface area (Å²) < 4.78 is 80.6. The average molecular weight is 297 g/mol. The fourth-order valence-electron chi connectivity index (χ4n) is 2.11. The molecule has 2 saturated heterocycles. The molecule has 0 N–H and O–H groups in total. The van der Waals surface area contributed by atoms with Crippen molar-refractivity contribution in [3.63, 3.8) is 0 Å². The molecule has 2 aliphatic heterocycles. The van der Waals surface area contributed by atoms with Gasteiger partial charge in [0, 0.05) is 18.7 Å². The molecule has 1 aromatic rings. The van der Waals surface area contributed by atoms with Gasteiger partial charge in [0.1, 0.15) is 0 Å². The van der Waals surface area contributed by atoms with Crippen molar-refractivity contribution >= 4 is 18.3 Å². The molecule has 0 unspecified atom stereocenters. The summed E-state index contributed by atoms with van der Waals surface area (Å²) in [6.07, 6.45) is 0. The second-order valence-electron chi connectivity index (χ2n) is 6.05. The van der Waals surface area contributed by atoms with Gasteiger partial charge in [0.25, 0.3) is 0 Å². The van der Waals surface area contributed by atoms with E-state index >= 15 is 0 Å². The Morgan fingerprint density at radius 3 is 2.33 bits per heavy atom. The van der Waals surface area contributed by atoms with E-state index in [1.807, 2.05) is 27.7 Å². The van der Waals surface area contributed by atoms with Gasteiger partial charge in [0.05, 0.1) is 35.3 Å². The van der Waals surface area contributed by atoms with Gasteiger partial charge in [-0.1, -0.05) is 12.1 Å². The lowest BCUT2D eigenvalue weighted by Gasteiger charge is -2.32. The van der Waals surface area contributed by atoms with Crippen LogP contribution in [-0.2, 0) is 14.0 Å². The van der Waals surface area contributed by atoms with Crippen molar-refractivity contribution in [3.05, 3.63) is 24.3 Å². The molecule has 4 nitrogen and oxygen atoms in total. The van der Waals surface area contributed by atoms with E-state index < -0.39 is 44.4 Å². The minimum absolute atomic E-state index is 0.0664. The number of benzene rings is 1. The predicted octanol–water partition coefficient (Wildman–Crippen LogP) is 1.82. The molecule has 2 fully saturated rings. The Morgan fingerprint density at radius 2 is 1.71 bits per heavy atom. The summed E-state index contributed by atoms with van der Waals surface area (Å²) in [5, 5.41) is 0. The lowest BCUT2D eigenvalue weighted by molar-refractivity contribution is 0.00578. The van der Waals surface area contributed by atoms with Crippen molar-refractivity contribution < 1.29 is 25.0 Å². The number of ether oxygens (including phenoxy) is 1. The van der Waals surface area contributed by atoms with E-state index in [2.05, 4.69) is 4.74 Å². The highest BCUT2D eigenvalue weighted by molar-refractivity contribution is 6.62. The van der Waals surface area contributed by atoms with Crippen LogP contribution in [0.1, 0.15) is 38.7 Å². The maximum atomic E-state index is 8.19. The monoisotopic (exact) mass is 297 g/mol. The van der Waals surface area contributed by atoms with Gasteiger partial charge < -0.3 is 18.9 Å². The first-order chi connectivity index (χ1) is 12.9. The molecule has 3 rings (SSSR count). The van der Waals surface area contributed by atoms with Crippen LogP contribution in [0.4, 0.5) is 5.69 Å². The van der Waals surface area contributed by atoms with Crippen LogP contribution in [0.15, 0.2) is 24.3 Å². The van der Waals surface area contributed by atoms with Crippen molar-refractivity contribution in [3.8, 4) is 0 Å². The van der Waals surface area contributed by atoms with E-state index in [-0.39, 0.29) is 5.69 Å². The smallest absolute Gasteiger partial charge is 0.399 e. The molecule has 0 radical (unpaired) electrons. The van der Waals surface area contributed by atoms with Crippen LogP contribution in [0.25, 0.3) is 0 Å². The molecule has 2 aliphatic rings. The normalized spacial score (nSPS) is 39.6. The minimum Gasteiger partial charge on any atom is -0.399 e. The predicted molar refractivity (Wildman–Crippen MR) is 85.2 cm³/mol. The Labute approximate surface area is 138 Å². The van der Waals surface area contributed by atoms with Crippen LogP contribution in [0.5, 0.6) is 0 Å². The van der Waals surface area contributed by atoms with Crippen molar-refractivity contribution in [1.82, 2.24) is 0 Å². The first-order valence-electron chi connectivity index (χ1n) is 10.8.